The Morgan fingerprint density at radius 3 is 2.82 bits per heavy atom. The number of carbonyl (C=O) groups is 1. The third-order valence-corrected chi connectivity index (χ3v) is 2.36. The van der Waals surface area contributed by atoms with Crippen molar-refractivity contribution in [3.8, 4) is 5.69 Å². The number of nitrogens with zero attached hydrogens (tertiary/aromatic N) is 3. The lowest BCUT2D eigenvalue weighted by Crippen LogP contribution is -2.11. The van der Waals surface area contributed by atoms with Crippen molar-refractivity contribution in [3.05, 3.63) is 36.9 Å². The van der Waals surface area contributed by atoms with Crippen LogP contribution in [-0.4, -0.2) is 26.6 Å². The fourth-order valence-electron chi connectivity index (χ4n) is 1.39. The predicted molar refractivity (Wildman–Crippen MR) is 65.3 cm³/mol. The summed E-state index contributed by atoms with van der Waals surface area (Å²) in [7, 11) is 0. The van der Waals surface area contributed by atoms with Gasteiger partial charge >= 0.3 is 0 Å². The molecule has 1 heterocycles. The molecule has 0 saturated heterocycles. The Balaban J connectivity index is 2.15. The molecule has 5 nitrogen and oxygen atoms in total. The summed E-state index contributed by atoms with van der Waals surface area (Å²) in [5, 5.41) is 10.2. The van der Waals surface area contributed by atoms with Gasteiger partial charge in [0, 0.05) is 18.0 Å². The van der Waals surface area contributed by atoms with E-state index in [1.54, 1.807) is 17.2 Å². The van der Waals surface area contributed by atoms with E-state index in [-0.39, 0.29) is 5.91 Å². The highest BCUT2D eigenvalue weighted by Gasteiger charge is 2.02. The van der Waals surface area contributed by atoms with Crippen molar-refractivity contribution in [1.82, 2.24) is 14.8 Å². The average molecular weight is 251 g/mol. The number of anilines is 1. The van der Waals surface area contributed by atoms with Crippen LogP contribution in [0.3, 0.4) is 0 Å². The number of alkyl halides is 1. The van der Waals surface area contributed by atoms with Crippen molar-refractivity contribution < 1.29 is 4.79 Å². The van der Waals surface area contributed by atoms with Crippen molar-refractivity contribution in [3.63, 3.8) is 0 Å². The summed E-state index contributed by atoms with van der Waals surface area (Å²) in [6.07, 6.45) is 3.50. The third kappa shape index (κ3) is 3.04. The van der Waals surface area contributed by atoms with Gasteiger partial charge < -0.3 is 5.32 Å². The number of aromatic nitrogens is 3. The molecule has 0 saturated carbocycles. The molecule has 1 amide bonds. The van der Waals surface area contributed by atoms with Crippen LogP contribution in [0.1, 0.15) is 6.42 Å². The Kier molecular flexibility index (Phi) is 3.72. The maximum Gasteiger partial charge on any atom is 0.225 e. The summed E-state index contributed by atoms with van der Waals surface area (Å²) in [5.74, 6) is 0.220. The van der Waals surface area contributed by atoms with Crippen LogP contribution in [0.25, 0.3) is 5.69 Å². The number of nitrogens with one attached hydrogen (secondary N) is 1. The summed E-state index contributed by atoms with van der Waals surface area (Å²) in [6, 6.07) is 7.42. The van der Waals surface area contributed by atoms with Crippen LogP contribution < -0.4 is 5.32 Å². The summed E-state index contributed by atoms with van der Waals surface area (Å²) >= 11 is 5.49. The Bertz CT molecular complexity index is 498. The van der Waals surface area contributed by atoms with Crippen LogP contribution in [0.4, 0.5) is 5.69 Å². The first kappa shape index (κ1) is 11.6. The van der Waals surface area contributed by atoms with E-state index in [4.69, 9.17) is 11.6 Å². The summed E-state index contributed by atoms with van der Waals surface area (Å²) in [5.41, 5.74) is 1.62. The Morgan fingerprint density at radius 1 is 1.35 bits per heavy atom. The van der Waals surface area contributed by atoms with Crippen LogP contribution >= 0.6 is 11.6 Å². The van der Waals surface area contributed by atoms with Crippen molar-refractivity contribution >= 4 is 23.2 Å². The lowest BCUT2D eigenvalue weighted by atomic mass is 10.2. The van der Waals surface area contributed by atoms with E-state index < -0.39 is 0 Å². The quantitative estimate of drug-likeness (QED) is 0.843. The zero-order valence-corrected chi connectivity index (χ0v) is 9.76. The second-order valence-electron chi connectivity index (χ2n) is 3.41. The Labute approximate surface area is 103 Å². The van der Waals surface area contributed by atoms with Gasteiger partial charge in [-0.1, -0.05) is 6.07 Å². The summed E-state index contributed by atoms with van der Waals surface area (Å²) < 4.78 is 1.76. The highest BCUT2D eigenvalue weighted by molar-refractivity contribution is 6.19. The summed E-state index contributed by atoms with van der Waals surface area (Å²) in [4.78, 5) is 11.4. The van der Waals surface area contributed by atoms with Crippen LogP contribution in [0.2, 0.25) is 0 Å². The van der Waals surface area contributed by atoms with Crippen LogP contribution in [-0.2, 0) is 4.79 Å². The van der Waals surface area contributed by atoms with Crippen LogP contribution in [0.15, 0.2) is 36.9 Å². The molecule has 0 aliphatic carbocycles. The molecule has 0 radical (unpaired) electrons. The molecule has 17 heavy (non-hydrogen) atoms. The molecule has 88 valence electrons. The smallest absolute Gasteiger partial charge is 0.225 e. The minimum atomic E-state index is -0.0964. The molecule has 2 aromatic rings. The van der Waals surface area contributed by atoms with E-state index >= 15 is 0 Å². The number of hydrogen-bond donors (Lipinski definition) is 1. The topological polar surface area (TPSA) is 59.8 Å². The van der Waals surface area contributed by atoms with E-state index in [0.29, 0.717) is 12.3 Å². The zero-order valence-electron chi connectivity index (χ0n) is 9.01. The molecule has 1 N–H and O–H groups in total. The zero-order chi connectivity index (χ0) is 12.1. The molecule has 0 unspecified atom stereocenters. The fourth-order valence-corrected chi connectivity index (χ4v) is 1.56. The van der Waals surface area contributed by atoms with Gasteiger partial charge in [-0.3, -0.25) is 9.36 Å². The average Bonchev–Trinajstić information content (AvgIpc) is 2.83. The molecule has 0 aliphatic rings. The molecule has 0 atom stereocenters. The van der Waals surface area contributed by atoms with Crippen LogP contribution in [0, 0.1) is 0 Å². The maximum absolute atomic E-state index is 11.4. The standard InChI is InChI=1S/C11H11ClN4O/c12-5-4-11(17)15-9-2-1-3-10(6-9)16-7-13-14-8-16/h1-3,6-8H,4-5H2,(H,15,17). The van der Waals surface area contributed by atoms with Crippen molar-refractivity contribution in [2.75, 3.05) is 11.2 Å². The highest BCUT2D eigenvalue weighted by atomic mass is 35.5. The SMILES string of the molecule is O=C(CCCl)Nc1cccc(-n2cnnc2)c1. The van der Waals surface area contributed by atoms with E-state index in [1.807, 2.05) is 24.3 Å². The molecule has 2 rings (SSSR count). The van der Waals surface area contributed by atoms with Gasteiger partial charge in [0.05, 0.1) is 5.69 Å². The third-order valence-electron chi connectivity index (χ3n) is 2.17. The molecular formula is C11H11ClN4O. The number of benzene rings is 1. The van der Waals surface area contributed by atoms with Gasteiger partial charge in [0.25, 0.3) is 0 Å². The highest BCUT2D eigenvalue weighted by Crippen LogP contribution is 2.14. The van der Waals surface area contributed by atoms with Crippen molar-refractivity contribution in [2.24, 2.45) is 0 Å². The Morgan fingerprint density at radius 2 is 2.12 bits per heavy atom. The predicted octanol–water partition coefficient (Wildman–Crippen LogP) is 1.83. The minimum absolute atomic E-state index is 0.0964. The van der Waals surface area contributed by atoms with Gasteiger partial charge in [0.15, 0.2) is 0 Å². The first-order chi connectivity index (χ1) is 8.29. The van der Waals surface area contributed by atoms with Gasteiger partial charge in [-0.2, -0.15) is 0 Å². The van der Waals surface area contributed by atoms with Gasteiger partial charge in [0.2, 0.25) is 5.91 Å². The molecule has 1 aromatic carbocycles. The minimum Gasteiger partial charge on any atom is -0.326 e. The number of hydrogen-bond acceptors (Lipinski definition) is 3. The van der Waals surface area contributed by atoms with Crippen molar-refractivity contribution in [1.29, 1.82) is 0 Å². The second-order valence-corrected chi connectivity index (χ2v) is 3.78. The van der Waals surface area contributed by atoms with E-state index in [0.717, 1.165) is 11.4 Å². The number of carbonyl (C=O) groups excluding carboxylic acids is 1. The summed E-state index contributed by atoms with van der Waals surface area (Å²) in [6.45, 7) is 0. The van der Waals surface area contributed by atoms with Crippen LogP contribution in [0.5, 0.6) is 0 Å². The molecule has 0 fully saturated rings. The first-order valence-electron chi connectivity index (χ1n) is 5.10. The largest absolute Gasteiger partial charge is 0.326 e. The first-order valence-corrected chi connectivity index (χ1v) is 5.64. The lowest BCUT2D eigenvalue weighted by Gasteiger charge is -2.06. The van der Waals surface area contributed by atoms with Crippen molar-refractivity contribution in [2.45, 2.75) is 6.42 Å². The molecule has 6 heteroatoms. The van der Waals surface area contributed by atoms with Gasteiger partial charge in [-0.15, -0.1) is 21.8 Å². The molecule has 0 aliphatic heterocycles. The number of rotatable bonds is 4. The lowest BCUT2D eigenvalue weighted by molar-refractivity contribution is -0.115. The molecule has 1 aromatic heterocycles. The van der Waals surface area contributed by atoms with Gasteiger partial charge in [-0.05, 0) is 18.2 Å². The molecule has 0 bridgehead atoms. The van der Waals surface area contributed by atoms with E-state index in [2.05, 4.69) is 15.5 Å². The maximum atomic E-state index is 11.4. The van der Waals surface area contributed by atoms with Gasteiger partial charge in [-0.25, -0.2) is 0 Å². The number of amides is 1. The fraction of sp³-hybridized carbons (Fsp3) is 0.182. The Hall–Kier alpha value is -1.88. The van der Waals surface area contributed by atoms with E-state index in [9.17, 15) is 4.79 Å². The number of halogens is 1. The molecular weight excluding hydrogens is 240 g/mol. The van der Waals surface area contributed by atoms with Gasteiger partial charge in [0.1, 0.15) is 12.7 Å². The monoisotopic (exact) mass is 250 g/mol. The molecule has 0 spiro atoms. The van der Waals surface area contributed by atoms with E-state index in [1.165, 1.54) is 0 Å². The normalized spacial score (nSPS) is 10.2. The second kappa shape index (κ2) is 5.45.